The molecule has 12 N–H and O–H groups in total. The molecule has 1 amide bonds. The number of aliphatic hydroxyl groups excluding tert-OH is 11. The van der Waals surface area contributed by atoms with Crippen LogP contribution < -0.4 is 5.32 Å². The molecule has 0 aromatic heterocycles. The Morgan fingerprint density at radius 1 is 0.352 bits per heavy atom. The monoisotopic (exact) mass is 1480 g/mol. The van der Waals surface area contributed by atoms with E-state index in [0.29, 0.717) is 6.42 Å². The first-order valence-corrected chi connectivity index (χ1v) is 40.9. The zero-order chi connectivity index (χ0) is 76.0. The van der Waals surface area contributed by atoms with Crippen LogP contribution in [-0.4, -0.2) is 193 Å². The number of allylic oxidation sites excluding steroid dienone is 21. The fourth-order valence-electron chi connectivity index (χ4n) is 12.9. The zero-order valence-electron chi connectivity index (χ0n) is 64.4. The molecule has 3 rings (SSSR count). The van der Waals surface area contributed by atoms with Crippen LogP contribution in [0.4, 0.5) is 0 Å². The van der Waals surface area contributed by atoms with Crippen LogP contribution in [0.25, 0.3) is 0 Å². The van der Waals surface area contributed by atoms with Gasteiger partial charge in [-0.15, -0.1) is 0 Å². The van der Waals surface area contributed by atoms with Gasteiger partial charge in [0.2, 0.25) is 5.91 Å². The van der Waals surface area contributed by atoms with E-state index in [1.807, 2.05) is 6.08 Å². The summed E-state index contributed by atoms with van der Waals surface area (Å²) in [6, 6.07) is -0.985. The molecule has 0 radical (unpaired) electrons. The third-order valence-electron chi connectivity index (χ3n) is 19.5. The van der Waals surface area contributed by atoms with Crippen molar-refractivity contribution in [3.8, 4) is 0 Å². The molecule has 0 saturated carbocycles. The molecule has 3 aliphatic heterocycles. The molecule has 17 atom stereocenters. The van der Waals surface area contributed by atoms with Crippen molar-refractivity contribution < 1.29 is 89.4 Å². The number of unbranched alkanes of at least 4 members (excludes halogenated alkanes) is 27. The van der Waals surface area contributed by atoms with Crippen molar-refractivity contribution >= 4 is 5.91 Å². The van der Waals surface area contributed by atoms with Gasteiger partial charge in [0.15, 0.2) is 18.9 Å². The highest BCUT2D eigenvalue weighted by atomic mass is 16.8. The average Bonchev–Trinajstić information content (AvgIpc) is 0.781. The summed E-state index contributed by atoms with van der Waals surface area (Å²) < 4.78 is 34.4. The summed E-state index contributed by atoms with van der Waals surface area (Å²) in [5, 5.41) is 121. The molecule has 19 heteroatoms. The highest BCUT2D eigenvalue weighted by molar-refractivity contribution is 5.76. The maximum atomic E-state index is 13.5. The SMILES string of the molecule is CC/C=C\C/C=C\C/C=C\C/C=C\C/C=C\C/C=C\C/C=C\C/C=C\C/C=C\C/C=C\CCCCCCCCCCCCC(=O)NC(COC1OC(CO)C(OC2OC(CO)C(OC3OC(CO)C(O)C(O)C3O)C(O)C2O)C(O)C1O)C(O)/C=C/CCCCCCCCCCCCCCCCCCC. The first-order chi connectivity index (χ1) is 51.3. The molecule has 0 spiro atoms. The Morgan fingerprint density at radius 3 is 1.03 bits per heavy atom. The molecule has 0 aromatic rings. The Kier molecular flexibility index (Phi) is 58.6. The Balaban J connectivity index is 1.34. The molecule has 602 valence electrons. The van der Waals surface area contributed by atoms with Crippen LogP contribution in [0.15, 0.2) is 134 Å². The number of carbonyl (C=O) groups excluding carboxylic acids is 1. The van der Waals surface area contributed by atoms with Gasteiger partial charge in [-0.2, -0.15) is 0 Å². The molecule has 105 heavy (non-hydrogen) atoms. The topological polar surface area (TPSA) is 307 Å². The van der Waals surface area contributed by atoms with Gasteiger partial charge in [0.1, 0.15) is 73.2 Å². The van der Waals surface area contributed by atoms with Gasteiger partial charge in [-0.25, -0.2) is 0 Å². The van der Waals surface area contributed by atoms with Gasteiger partial charge in [0.25, 0.3) is 0 Å². The number of nitrogens with one attached hydrogen (secondary N) is 1. The van der Waals surface area contributed by atoms with Crippen LogP contribution in [0.2, 0.25) is 0 Å². The van der Waals surface area contributed by atoms with Crippen molar-refractivity contribution in [2.45, 2.75) is 375 Å². The molecule has 0 aliphatic carbocycles. The van der Waals surface area contributed by atoms with E-state index in [2.05, 4.69) is 141 Å². The molecular weight excluding hydrogens is 1330 g/mol. The van der Waals surface area contributed by atoms with Crippen molar-refractivity contribution in [2.75, 3.05) is 26.4 Å². The van der Waals surface area contributed by atoms with E-state index in [1.165, 1.54) is 122 Å². The number of aliphatic hydroxyl groups is 11. The number of ether oxygens (including phenoxy) is 6. The second-order valence-corrected chi connectivity index (χ2v) is 28.5. The smallest absolute Gasteiger partial charge is 0.220 e. The average molecular weight is 1480 g/mol. The van der Waals surface area contributed by atoms with Crippen LogP contribution in [0.1, 0.15) is 271 Å². The van der Waals surface area contributed by atoms with Crippen molar-refractivity contribution in [3.05, 3.63) is 134 Å². The largest absolute Gasteiger partial charge is 0.394 e. The second kappa shape index (κ2) is 64.7. The first kappa shape index (κ1) is 95.1. The lowest BCUT2D eigenvalue weighted by atomic mass is 9.96. The van der Waals surface area contributed by atoms with Crippen LogP contribution in [-0.2, 0) is 33.2 Å². The van der Waals surface area contributed by atoms with E-state index >= 15 is 0 Å². The summed E-state index contributed by atoms with van der Waals surface area (Å²) in [5.74, 6) is -0.283. The third-order valence-corrected chi connectivity index (χ3v) is 19.5. The number of rotatable bonds is 63. The van der Waals surface area contributed by atoms with Gasteiger partial charge >= 0.3 is 0 Å². The first-order valence-electron chi connectivity index (χ1n) is 40.9. The Morgan fingerprint density at radius 2 is 0.657 bits per heavy atom. The molecule has 0 aromatic carbocycles. The molecule has 3 fully saturated rings. The number of hydrogen-bond donors (Lipinski definition) is 12. The molecule has 0 bridgehead atoms. The molecule has 3 saturated heterocycles. The van der Waals surface area contributed by atoms with E-state index in [1.54, 1.807) is 6.08 Å². The summed E-state index contributed by atoms with van der Waals surface area (Å²) in [6.07, 6.45) is 65.7. The Bertz CT molecular complexity index is 2420. The van der Waals surface area contributed by atoms with E-state index in [0.717, 1.165) is 122 Å². The van der Waals surface area contributed by atoms with Gasteiger partial charge in [0.05, 0.1) is 38.6 Å². The van der Waals surface area contributed by atoms with Gasteiger partial charge in [-0.1, -0.05) is 302 Å². The molecule has 3 aliphatic rings. The quantitative estimate of drug-likeness (QED) is 0.0199. The summed E-state index contributed by atoms with van der Waals surface area (Å²) in [7, 11) is 0. The van der Waals surface area contributed by atoms with Gasteiger partial charge < -0.3 is 89.9 Å². The fraction of sp³-hybridized carbons (Fsp3) is 0.733. The lowest BCUT2D eigenvalue weighted by Crippen LogP contribution is -2.66. The third kappa shape index (κ3) is 44.4. The summed E-state index contributed by atoms with van der Waals surface area (Å²) in [4.78, 5) is 13.5. The maximum Gasteiger partial charge on any atom is 0.220 e. The normalized spacial score (nSPS) is 26.5. The molecular formula is C86H145NO18. The fourth-order valence-corrected chi connectivity index (χ4v) is 12.9. The standard InChI is InChI=1S/C86H145NO18/c1-3-5-7-9-11-13-15-17-19-21-23-24-25-26-27-28-29-30-31-32-33-34-35-36-37-38-39-40-41-42-43-44-46-48-50-52-54-56-58-60-62-64-74(92)87-69(70(91)63-61-59-57-55-53-51-49-47-45-22-20-18-16-14-12-10-8-6-4-2)68-100-84-80(98)77(95)82(72(66-89)102-84)105-86-81(99)78(96)83(73(67-90)103-86)104-85-79(97)76(94)75(93)71(65-88)101-85/h5,7,11,13,17,19,23-24,26-27,29-30,32-33,35-36,38-39,41-42,61,63,69-73,75-86,88-91,93-99H,3-4,6,8-10,12,14-16,18,20-22,25,28,31,34,37,40,43-60,62,64-68H2,1-2H3,(H,87,92)/b7-5-,13-11-,19-17-,24-23-,27-26-,30-29-,33-32-,36-35-,39-38-,42-41-,63-61+. The van der Waals surface area contributed by atoms with Gasteiger partial charge in [0, 0.05) is 6.42 Å². The second-order valence-electron chi connectivity index (χ2n) is 28.5. The van der Waals surface area contributed by atoms with Crippen molar-refractivity contribution in [2.24, 2.45) is 0 Å². The van der Waals surface area contributed by atoms with E-state index in [9.17, 15) is 61.0 Å². The minimum Gasteiger partial charge on any atom is -0.394 e. The number of hydrogen-bond acceptors (Lipinski definition) is 18. The van der Waals surface area contributed by atoms with Crippen LogP contribution in [0.3, 0.4) is 0 Å². The summed E-state index contributed by atoms with van der Waals surface area (Å²) >= 11 is 0. The Hall–Kier alpha value is -4.07. The summed E-state index contributed by atoms with van der Waals surface area (Å²) in [6.45, 7) is 1.62. The molecule has 3 heterocycles. The van der Waals surface area contributed by atoms with Gasteiger partial charge in [-0.05, 0) is 96.3 Å². The Labute approximate surface area is 632 Å². The van der Waals surface area contributed by atoms with Crippen LogP contribution in [0.5, 0.6) is 0 Å². The minimum absolute atomic E-state index is 0.231. The summed E-state index contributed by atoms with van der Waals surface area (Å²) in [5.41, 5.74) is 0. The van der Waals surface area contributed by atoms with Crippen molar-refractivity contribution in [3.63, 3.8) is 0 Å². The zero-order valence-corrected chi connectivity index (χ0v) is 64.4. The predicted octanol–water partition coefficient (Wildman–Crippen LogP) is 14.1. The van der Waals surface area contributed by atoms with Crippen molar-refractivity contribution in [1.29, 1.82) is 0 Å². The van der Waals surface area contributed by atoms with E-state index in [4.69, 9.17) is 28.4 Å². The maximum absolute atomic E-state index is 13.5. The van der Waals surface area contributed by atoms with Gasteiger partial charge in [-0.3, -0.25) is 4.79 Å². The molecule has 19 nitrogen and oxygen atoms in total. The van der Waals surface area contributed by atoms with E-state index in [-0.39, 0.29) is 18.9 Å². The van der Waals surface area contributed by atoms with Crippen LogP contribution >= 0.6 is 0 Å². The number of amides is 1. The van der Waals surface area contributed by atoms with Crippen molar-refractivity contribution in [1.82, 2.24) is 5.32 Å². The number of carbonyl (C=O) groups is 1. The van der Waals surface area contributed by atoms with E-state index < -0.39 is 124 Å². The highest BCUT2D eigenvalue weighted by Gasteiger charge is 2.54. The minimum atomic E-state index is -1.98. The van der Waals surface area contributed by atoms with Crippen LogP contribution in [0, 0.1) is 0 Å². The highest BCUT2D eigenvalue weighted by Crippen LogP contribution is 2.33. The lowest BCUT2D eigenvalue weighted by molar-refractivity contribution is -0.379. The predicted molar refractivity (Wildman–Crippen MR) is 419 cm³/mol. The lowest BCUT2D eigenvalue weighted by Gasteiger charge is -2.48. The molecule has 17 unspecified atom stereocenters.